The largest absolute Gasteiger partial charge is 0.380 e. The van der Waals surface area contributed by atoms with Crippen molar-refractivity contribution in [3.8, 4) is 0 Å². The van der Waals surface area contributed by atoms with Gasteiger partial charge in [-0.2, -0.15) is 0 Å². The Labute approximate surface area is 114 Å². The molecule has 0 unspecified atom stereocenters. The number of nitrogens with one attached hydrogen (secondary N) is 1. The van der Waals surface area contributed by atoms with Crippen LogP contribution in [0.1, 0.15) is 47.5 Å². The van der Waals surface area contributed by atoms with Crippen molar-refractivity contribution in [3.05, 3.63) is 0 Å². The summed E-state index contributed by atoms with van der Waals surface area (Å²) in [6, 6.07) is 0. The molecule has 0 radical (unpaired) electrons. The summed E-state index contributed by atoms with van der Waals surface area (Å²) in [5.74, 6) is 1.42. The Hall–Kier alpha value is -0.120. The minimum atomic E-state index is 0.373. The molecule has 0 aromatic rings. The zero-order chi connectivity index (χ0) is 13.8. The average Bonchev–Trinajstić information content (AvgIpc) is 2.25. The lowest BCUT2D eigenvalue weighted by Gasteiger charge is -2.15. The van der Waals surface area contributed by atoms with Crippen LogP contribution in [0.4, 0.5) is 0 Å². The lowest BCUT2D eigenvalue weighted by molar-refractivity contribution is 0.0329. The molecular formula is C15H33NO2. The predicted molar refractivity (Wildman–Crippen MR) is 78.0 cm³/mol. The van der Waals surface area contributed by atoms with Gasteiger partial charge in [0.15, 0.2) is 0 Å². The molecule has 110 valence electrons. The van der Waals surface area contributed by atoms with E-state index in [9.17, 15) is 0 Å². The van der Waals surface area contributed by atoms with E-state index < -0.39 is 0 Å². The number of rotatable bonds is 12. The first kappa shape index (κ1) is 17.9. The zero-order valence-corrected chi connectivity index (χ0v) is 13.0. The summed E-state index contributed by atoms with van der Waals surface area (Å²) in [6.07, 6.45) is 2.50. The summed E-state index contributed by atoms with van der Waals surface area (Å²) in [5, 5.41) is 3.36. The van der Waals surface area contributed by atoms with Gasteiger partial charge in [-0.25, -0.2) is 0 Å². The van der Waals surface area contributed by atoms with Crippen LogP contribution in [0.15, 0.2) is 0 Å². The first-order valence-corrected chi connectivity index (χ1v) is 7.42. The van der Waals surface area contributed by atoms with Gasteiger partial charge in [0, 0.05) is 19.8 Å². The van der Waals surface area contributed by atoms with Crippen LogP contribution in [0.5, 0.6) is 0 Å². The van der Waals surface area contributed by atoms with Crippen molar-refractivity contribution >= 4 is 0 Å². The van der Waals surface area contributed by atoms with Crippen molar-refractivity contribution in [2.75, 3.05) is 32.9 Å². The molecule has 0 aliphatic carbocycles. The van der Waals surface area contributed by atoms with Crippen LogP contribution in [0.25, 0.3) is 0 Å². The normalized spacial score (nSPS) is 13.5. The van der Waals surface area contributed by atoms with Crippen LogP contribution in [-0.2, 0) is 9.47 Å². The lowest BCUT2D eigenvalue weighted by Crippen LogP contribution is -2.24. The molecule has 3 nitrogen and oxygen atoms in total. The van der Waals surface area contributed by atoms with E-state index in [4.69, 9.17) is 9.47 Å². The average molecular weight is 259 g/mol. The summed E-state index contributed by atoms with van der Waals surface area (Å²) in [6.45, 7) is 15.5. The minimum Gasteiger partial charge on any atom is -0.380 e. The predicted octanol–water partition coefficient (Wildman–Crippen LogP) is 3.09. The monoisotopic (exact) mass is 259 g/mol. The molecule has 0 aliphatic rings. The van der Waals surface area contributed by atoms with E-state index in [2.05, 4.69) is 39.9 Å². The third-order valence-electron chi connectivity index (χ3n) is 2.61. The van der Waals surface area contributed by atoms with Crippen LogP contribution in [-0.4, -0.2) is 39.0 Å². The van der Waals surface area contributed by atoms with Crippen molar-refractivity contribution in [2.24, 2.45) is 11.8 Å². The summed E-state index contributed by atoms with van der Waals surface area (Å²) >= 11 is 0. The standard InChI is InChI=1S/C15H33NO2/c1-13(2)11-15(5)18-9-6-8-17-10-7-16-12-14(3)4/h13-16H,6-12H2,1-5H3/t15-/m1/s1. The molecule has 0 saturated heterocycles. The number of ether oxygens (including phenoxy) is 2. The molecule has 0 aliphatic heterocycles. The van der Waals surface area contributed by atoms with Crippen molar-refractivity contribution < 1.29 is 9.47 Å². The SMILES string of the molecule is CC(C)CNCCOCCCO[C@H](C)CC(C)C. The first-order chi connectivity index (χ1) is 8.52. The fourth-order valence-corrected chi connectivity index (χ4v) is 1.81. The molecule has 0 saturated carbocycles. The van der Waals surface area contributed by atoms with E-state index >= 15 is 0 Å². The molecular weight excluding hydrogens is 226 g/mol. The molecule has 0 amide bonds. The maximum Gasteiger partial charge on any atom is 0.0590 e. The van der Waals surface area contributed by atoms with Crippen LogP contribution < -0.4 is 5.32 Å². The Morgan fingerprint density at radius 2 is 1.61 bits per heavy atom. The highest BCUT2D eigenvalue weighted by Crippen LogP contribution is 2.07. The first-order valence-electron chi connectivity index (χ1n) is 7.42. The molecule has 3 heteroatoms. The molecule has 1 atom stereocenters. The number of hydrogen-bond donors (Lipinski definition) is 1. The van der Waals surface area contributed by atoms with E-state index in [1.54, 1.807) is 0 Å². The van der Waals surface area contributed by atoms with Gasteiger partial charge < -0.3 is 14.8 Å². The van der Waals surface area contributed by atoms with Crippen molar-refractivity contribution in [1.82, 2.24) is 5.32 Å². The quantitative estimate of drug-likeness (QED) is 0.546. The zero-order valence-electron chi connectivity index (χ0n) is 13.0. The highest BCUT2D eigenvalue weighted by molar-refractivity contribution is 4.54. The second-order valence-corrected chi connectivity index (χ2v) is 5.87. The Balaban J connectivity index is 3.11. The Morgan fingerprint density at radius 1 is 0.889 bits per heavy atom. The molecule has 0 rings (SSSR count). The van der Waals surface area contributed by atoms with Gasteiger partial charge in [-0.1, -0.05) is 27.7 Å². The molecule has 1 N–H and O–H groups in total. The Bertz CT molecular complexity index is 172. The molecule has 0 fully saturated rings. The molecule has 18 heavy (non-hydrogen) atoms. The van der Waals surface area contributed by atoms with E-state index in [0.29, 0.717) is 17.9 Å². The lowest BCUT2D eigenvalue weighted by atomic mass is 10.1. The van der Waals surface area contributed by atoms with E-state index in [-0.39, 0.29) is 0 Å². The molecule has 0 aromatic heterocycles. The van der Waals surface area contributed by atoms with Crippen LogP contribution >= 0.6 is 0 Å². The van der Waals surface area contributed by atoms with Gasteiger partial charge in [-0.15, -0.1) is 0 Å². The van der Waals surface area contributed by atoms with Gasteiger partial charge in [0.1, 0.15) is 0 Å². The Kier molecular flexibility index (Phi) is 11.9. The topological polar surface area (TPSA) is 30.5 Å². The summed E-state index contributed by atoms with van der Waals surface area (Å²) in [4.78, 5) is 0. The van der Waals surface area contributed by atoms with Crippen LogP contribution in [0.2, 0.25) is 0 Å². The highest BCUT2D eigenvalue weighted by Gasteiger charge is 2.04. The summed E-state index contributed by atoms with van der Waals surface area (Å²) in [5.41, 5.74) is 0. The van der Waals surface area contributed by atoms with E-state index in [0.717, 1.165) is 45.8 Å². The van der Waals surface area contributed by atoms with Crippen molar-refractivity contribution in [2.45, 2.75) is 53.6 Å². The van der Waals surface area contributed by atoms with Gasteiger partial charge in [-0.3, -0.25) is 0 Å². The van der Waals surface area contributed by atoms with Gasteiger partial charge in [0.05, 0.1) is 12.7 Å². The van der Waals surface area contributed by atoms with Gasteiger partial charge in [-0.05, 0) is 38.1 Å². The molecule has 0 bridgehead atoms. The van der Waals surface area contributed by atoms with Gasteiger partial charge in [0.2, 0.25) is 0 Å². The number of hydrogen-bond acceptors (Lipinski definition) is 3. The fourth-order valence-electron chi connectivity index (χ4n) is 1.81. The Morgan fingerprint density at radius 3 is 2.22 bits per heavy atom. The smallest absolute Gasteiger partial charge is 0.0590 e. The molecule has 0 spiro atoms. The van der Waals surface area contributed by atoms with Crippen molar-refractivity contribution in [1.29, 1.82) is 0 Å². The second-order valence-electron chi connectivity index (χ2n) is 5.87. The van der Waals surface area contributed by atoms with Crippen LogP contribution in [0, 0.1) is 11.8 Å². The van der Waals surface area contributed by atoms with E-state index in [1.807, 2.05) is 0 Å². The summed E-state index contributed by atoms with van der Waals surface area (Å²) in [7, 11) is 0. The van der Waals surface area contributed by atoms with Crippen molar-refractivity contribution in [3.63, 3.8) is 0 Å². The van der Waals surface area contributed by atoms with Gasteiger partial charge in [0.25, 0.3) is 0 Å². The second kappa shape index (κ2) is 11.9. The fraction of sp³-hybridized carbons (Fsp3) is 1.00. The maximum absolute atomic E-state index is 5.72. The third kappa shape index (κ3) is 13.9. The maximum atomic E-state index is 5.72. The van der Waals surface area contributed by atoms with E-state index in [1.165, 1.54) is 0 Å². The van der Waals surface area contributed by atoms with Gasteiger partial charge >= 0.3 is 0 Å². The minimum absolute atomic E-state index is 0.373. The highest BCUT2D eigenvalue weighted by atomic mass is 16.5. The summed E-state index contributed by atoms with van der Waals surface area (Å²) < 4.78 is 11.3. The molecule has 0 heterocycles. The van der Waals surface area contributed by atoms with Crippen LogP contribution in [0.3, 0.4) is 0 Å². The third-order valence-corrected chi connectivity index (χ3v) is 2.61. The molecule has 0 aromatic carbocycles.